The zero-order valence-electron chi connectivity index (χ0n) is 37.6. The maximum Gasteiger partial charge on any atom is 0.302 e. The van der Waals surface area contributed by atoms with E-state index in [1.54, 1.807) is 36.4 Å². The van der Waals surface area contributed by atoms with Crippen LogP contribution in [0, 0.1) is 36.0 Å². The number of esters is 4. The molecule has 0 fully saturated rings. The Labute approximate surface area is 440 Å². The second kappa shape index (κ2) is 27.6. The Morgan fingerprint density at radius 1 is 0.429 bits per heavy atom. The van der Waals surface area contributed by atoms with Crippen molar-refractivity contribution in [2.24, 2.45) is 0 Å². The quantitative estimate of drug-likeness (QED) is 0.0842. The Hall–Kier alpha value is -6.55. The average Bonchev–Trinajstić information content (AvgIpc) is 3.31. The number of carbonyl (C=O) groups is 4. The molecule has 0 saturated heterocycles. The van der Waals surface area contributed by atoms with Gasteiger partial charge in [0.2, 0.25) is 0 Å². The van der Waals surface area contributed by atoms with E-state index >= 15 is 0 Å². The lowest BCUT2D eigenvalue weighted by Crippen LogP contribution is -2.03. The molecule has 0 unspecified atom stereocenters. The first-order valence-corrected chi connectivity index (χ1v) is 23.5. The maximum absolute atomic E-state index is 11.5. The van der Waals surface area contributed by atoms with Crippen LogP contribution >= 0.6 is 66.7 Å². The van der Waals surface area contributed by atoms with Crippen LogP contribution in [0.5, 0.6) is 0 Å². The van der Waals surface area contributed by atoms with Crippen LogP contribution in [-0.4, -0.2) is 23.9 Å². The first-order chi connectivity index (χ1) is 33.0. The van der Waals surface area contributed by atoms with Crippen LogP contribution in [0.3, 0.4) is 0 Å². The van der Waals surface area contributed by atoms with Gasteiger partial charge in [-0.3, -0.25) is 19.2 Å². The number of terminal acetylenes is 1. The fourth-order valence-corrected chi connectivity index (χ4v) is 7.46. The molecule has 0 saturated carbocycles. The maximum atomic E-state index is 11.5. The number of hydrogen-bond donors (Lipinski definition) is 0. The van der Waals surface area contributed by atoms with Crippen molar-refractivity contribution in [1.82, 2.24) is 0 Å². The van der Waals surface area contributed by atoms with Gasteiger partial charge in [-0.05, 0) is 143 Å². The van der Waals surface area contributed by atoms with Gasteiger partial charge in [-0.25, -0.2) is 0 Å². The lowest BCUT2D eigenvalue weighted by molar-refractivity contribution is -0.143. The number of ether oxygens (including phenoxy) is 4. The molecule has 0 amide bonds. The molecule has 7 aromatic rings. The topological polar surface area (TPSA) is 105 Å². The summed E-state index contributed by atoms with van der Waals surface area (Å²) in [6.07, 6.45) is 5.11. The number of halogens is 5. The zero-order chi connectivity index (χ0) is 50.0. The molecule has 0 N–H and O–H groups in total. The number of fused-ring (bicyclic) bond motifs is 2. The summed E-state index contributed by atoms with van der Waals surface area (Å²) < 4.78 is 22.4. The Morgan fingerprint density at radius 2 is 0.700 bits per heavy atom. The third-order valence-corrected chi connectivity index (χ3v) is 11.8. The zero-order valence-corrected chi connectivity index (χ0v) is 43.0. The van der Waals surface area contributed by atoms with Crippen LogP contribution in [-0.2, 0) is 64.6 Å². The summed E-state index contributed by atoms with van der Waals surface area (Å²) in [5, 5.41) is 5.76. The van der Waals surface area contributed by atoms with Crippen molar-refractivity contribution in [3.05, 3.63) is 195 Å². The van der Waals surface area contributed by atoms with Gasteiger partial charge in [0.1, 0.15) is 26.4 Å². The highest BCUT2D eigenvalue weighted by Gasteiger charge is 2.12. The van der Waals surface area contributed by atoms with Crippen LogP contribution < -0.4 is 0 Å². The first kappa shape index (κ1) is 56.0. The molecular weight excluding hydrogens is 1080 g/mol. The largest absolute Gasteiger partial charge is 0.461 e. The summed E-state index contributed by atoms with van der Waals surface area (Å²) in [7, 11) is 0. The Balaban J connectivity index is 0.000000279. The SMILES string of the molecule is C.C#Cc1ccc(Cl)cc1.CC(=O)OCc1cc2cc(COC(C)=O)c(Br)cc2cc1Br.CC(=O)OCc1cc2cc(COC(C)=O)c(C#Cc3ccc(Cl)cc3)cc2cc1C#Cc1ccc(Cl)cc1. The van der Waals surface area contributed by atoms with E-state index in [1.165, 1.54) is 27.7 Å². The monoisotopic (exact) mass is 1120 g/mol. The molecule has 0 aliphatic heterocycles. The third-order valence-electron chi connectivity index (χ3n) is 9.56. The standard InChI is InChI=1S/C32H22Cl2O4.C16H14Br2O4.C8H5Cl.CH4/c1-21(35)37-19-29-17-28-18-30(20-38-22(2)36)26(10-4-24-7-13-32(34)14-8-24)16-27(28)15-25(29)9-3-23-5-11-31(33)12-6-23;1-9(19)21-7-13-3-11-4-14(8-22-10(2)20)16(18)6-12(11)5-15(13)17;1-2-7-3-5-8(9)6-4-7;/h5-8,11-18H,19-20H2,1-2H3;3-6H,7-8H2,1-2H3;1,3-6H;1H4. The van der Waals surface area contributed by atoms with Crippen LogP contribution in [0.2, 0.25) is 15.1 Å². The van der Waals surface area contributed by atoms with Crippen LogP contribution in [0.4, 0.5) is 0 Å². The summed E-state index contributed by atoms with van der Waals surface area (Å²) in [5.41, 5.74) is 7.18. The van der Waals surface area contributed by atoms with Gasteiger partial charge < -0.3 is 18.9 Å². The van der Waals surface area contributed by atoms with Gasteiger partial charge in [-0.1, -0.05) is 104 Å². The normalized spacial score (nSPS) is 9.89. The summed E-state index contributed by atoms with van der Waals surface area (Å²) in [6, 6.07) is 37.2. The molecule has 0 atom stereocenters. The van der Waals surface area contributed by atoms with E-state index in [4.69, 9.17) is 60.2 Å². The fraction of sp³-hybridized carbons (Fsp3) is 0.158. The molecule has 7 rings (SSSR count). The van der Waals surface area contributed by atoms with Crippen molar-refractivity contribution >= 4 is 112 Å². The lowest BCUT2D eigenvalue weighted by Gasteiger charge is -2.11. The second-order valence-corrected chi connectivity index (χ2v) is 17.9. The van der Waals surface area contributed by atoms with E-state index < -0.39 is 0 Å². The van der Waals surface area contributed by atoms with Gasteiger partial charge in [-0.15, -0.1) is 6.42 Å². The molecule has 70 heavy (non-hydrogen) atoms. The predicted molar refractivity (Wildman–Crippen MR) is 286 cm³/mol. The smallest absolute Gasteiger partial charge is 0.302 e. The van der Waals surface area contributed by atoms with E-state index in [9.17, 15) is 19.2 Å². The summed E-state index contributed by atoms with van der Waals surface area (Å²) >= 11 is 24.5. The van der Waals surface area contributed by atoms with Crippen LogP contribution in [0.15, 0.2) is 130 Å². The van der Waals surface area contributed by atoms with E-state index in [-0.39, 0.29) is 57.7 Å². The summed E-state index contributed by atoms with van der Waals surface area (Å²) in [6.45, 7) is 6.06. The average molecular weight is 1120 g/mol. The molecule has 7 aromatic carbocycles. The minimum absolute atomic E-state index is 0. The molecule has 0 heterocycles. The van der Waals surface area contributed by atoms with Crippen LogP contribution in [0.1, 0.15) is 85.2 Å². The Morgan fingerprint density at radius 3 is 1.01 bits per heavy atom. The molecule has 8 nitrogen and oxygen atoms in total. The number of benzene rings is 7. The van der Waals surface area contributed by atoms with E-state index in [0.29, 0.717) is 15.1 Å². The fourth-order valence-electron chi connectivity index (χ4n) is 6.13. The molecule has 0 aliphatic carbocycles. The van der Waals surface area contributed by atoms with Gasteiger partial charge >= 0.3 is 23.9 Å². The second-order valence-electron chi connectivity index (χ2n) is 14.9. The van der Waals surface area contributed by atoms with E-state index in [1.807, 2.05) is 84.9 Å². The number of rotatable bonds is 8. The molecular formula is C57H45Br2Cl3O8. The van der Waals surface area contributed by atoms with Gasteiger partial charge in [0.15, 0.2) is 0 Å². The minimum Gasteiger partial charge on any atom is -0.461 e. The van der Waals surface area contributed by atoms with Crippen molar-refractivity contribution < 1.29 is 38.1 Å². The van der Waals surface area contributed by atoms with Crippen molar-refractivity contribution in [2.75, 3.05) is 0 Å². The van der Waals surface area contributed by atoms with Gasteiger partial charge in [0, 0.05) is 102 Å². The molecule has 0 bridgehead atoms. The van der Waals surface area contributed by atoms with Crippen molar-refractivity contribution in [3.63, 3.8) is 0 Å². The third kappa shape index (κ3) is 18.1. The molecule has 0 spiro atoms. The first-order valence-electron chi connectivity index (χ1n) is 20.8. The molecule has 0 aromatic heterocycles. The lowest BCUT2D eigenvalue weighted by atomic mass is 9.96. The highest BCUT2D eigenvalue weighted by atomic mass is 79.9. The molecule has 13 heteroatoms. The Kier molecular flexibility index (Phi) is 22.1. The van der Waals surface area contributed by atoms with Gasteiger partial charge in [-0.2, -0.15) is 0 Å². The van der Waals surface area contributed by atoms with E-state index in [2.05, 4.69) is 61.5 Å². The summed E-state index contributed by atoms with van der Waals surface area (Å²) in [5.74, 6) is 13.8. The Bertz CT molecular complexity index is 3020. The molecule has 0 radical (unpaired) electrons. The number of hydrogen-bond acceptors (Lipinski definition) is 8. The predicted octanol–water partition coefficient (Wildman–Crippen LogP) is 14.5. The van der Waals surface area contributed by atoms with Gasteiger partial charge in [0.05, 0.1) is 0 Å². The molecule has 0 aliphatic rings. The highest BCUT2D eigenvalue weighted by Crippen LogP contribution is 2.31. The molecule has 356 valence electrons. The van der Waals surface area contributed by atoms with Crippen molar-refractivity contribution in [1.29, 1.82) is 0 Å². The van der Waals surface area contributed by atoms with Gasteiger partial charge in [0.25, 0.3) is 0 Å². The van der Waals surface area contributed by atoms with E-state index in [0.717, 1.165) is 80.6 Å². The highest BCUT2D eigenvalue weighted by molar-refractivity contribution is 9.10. The summed E-state index contributed by atoms with van der Waals surface area (Å²) in [4.78, 5) is 44.9. The van der Waals surface area contributed by atoms with Crippen LogP contribution in [0.25, 0.3) is 21.5 Å². The minimum atomic E-state index is -0.384. The van der Waals surface area contributed by atoms with Crippen molar-refractivity contribution in [3.8, 4) is 36.0 Å². The number of carbonyl (C=O) groups excluding carboxylic acids is 4. The van der Waals surface area contributed by atoms with Crippen molar-refractivity contribution in [2.45, 2.75) is 61.5 Å².